The normalized spacial score (nSPS) is 22.4. The maximum atomic E-state index is 6.00. The standard InChI is InChI=1S/C17H26ClN3/c1-20-10-12-21(13-11-20)9-8-19-17(14-2-3-14)15-4-6-16(18)7-5-15/h4-7,14,17,19H,2-3,8-13H2,1H3. The highest BCUT2D eigenvalue weighted by atomic mass is 35.5. The van der Waals surface area contributed by atoms with Crippen molar-refractivity contribution in [2.75, 3.05) is 46.3 Å². The fraction of sp³-hybridized carbons (Fsp3) is 0.647. The minimum absolute atomic E-state index is 0.509. The summed E-state index contributed by atoms with van der Waals surface area (Å²) < 4.78 is 0. The van der Waals surface area contributed by atoms with Gasteiger partial charge in [-0.2, -0.15) is 0 Å². The zero-order chi connectivity index (χ0) is 14.7. The molecule has 1 atom stereocenters. The predicted octanol–water partition coefficient (Wildman–Crippen LogP) is 2.63. The molecule has 2 aliphatic rings. The molecule has 1 unspecified atom stereocenters. The molecule has 1 N–H and O–H groups in total. The molecule has 2 fully saturated rings. The van der Waals surface area contributed by atoms with Gasteiger partial charge in [-0.3, -0.25) is 4.90 Å². The van der Waals surface area contributed by atoms with Crippen LogP contribution in [0.25, 0.3) is 0 Å². The Labute approximate surface area is 133 Å². The van der Waals surface area contributed by atoms with E-state index in [2.05, 4.69) is 34.3 Å². The molecule has 0 spiro atoms. The largest absolute Gasteiger partial charge is 0.308 e. The second-order valence-electron chi connectivity index (χ2n) is 6.47. The van der Waals surface area contributed by atoms with Crippen LogP contribution >= 0.6 is 11.6 Å². The summed E-state index contributed by atoms with van der Waals surface area (Å²) in [6.45, 7) is 7.03. The highest BCUT2D eigenvalue weighted by Gasteiger charge is 2.31. The number of rotatable bonds is 6. The second-order valence-corrected chi connectivity index (χ2v) is 6.90. The van der Waals surface area contributed by atoms with Crippen molar-refractivity contribution in [3.05, 3.63) is 34.9 Å². The number of piperazine rings is 1. The highest BCUT2D eigenvalue weighted by molar-refractivity contribution is 6.30. The van der Waals surface area contributed by atoms with Gasteiger partial charge in [0.2, 0.25) is 0 Å². The third-order valence-electron chi connectivity index (χ3n) is 4.71. The first-order chi connectivity index (χ1) is 10.2. The Hall–Kier alpha value is -0.610. The van der Waals surface area contributed by atoms with Crippen LogP contribution in [0.5, 0.6) is 0 Å². The fourth-order valence-electron chi connectivity index (χ4n) is 3.11. The van der Waals surface area contributed by atoms with Crippen LogP contribution in [0.2, 0.25) is 5.02 Å². The molecule has 1 aliphatic carbocycles. The van der Waals surface area contributed by atoms with Crippen LogP contribution in [0.3, 0.4) is 0 Å². The van der Waals surface area contributed by atoms with E-state index in [1.807, 2.05) is 12.1 Å². The van der Waals surface area contributed by atoms with Gasteiger partial charge in [-0.1, -0.05) is 23.7 Å². The van der Waals surface area contributed by atoms with Gasteiger partial charge < -0.3 is 10.2 Å². The van der Waals surface area contributed by atoms with Crippen LogP contribution in [-0.2, 0) is 0 Å². The van der Waals surface area contributed by atoms with E-state index in [1.165, 1.54) is 44.6 Å². The Morgan fingerprint density at radius 2 is 1.81 bits per heavy atom. The molecule has 1 heterocycles. The molecule has 1 aliphatic heterocycles. The van der Waals surface area contributed by atoms with Gasteiger partial charge in [-0.15, -0.1) is 0 Å². The lowest BCUT2D eigenvalue weighted by atomic mass is 10.0. The van der Waals surface area contributed by atoms with Crippen LogP contribution < -0.4 is 5.32 Å². The maximum absolute atomic E-state index is 6.00. The van der Waals surface area contributed by atoms with Crippen molar-refractivity contribution in [2.45, 2.75) is 18.9 Å². The second kappa shape index (κ2) is 7.10. The van der Waals surface area contributed by atoms with Gasteiger partial charge in [0, 0.05) is 50.3 Å². The SMILES string of the molecule is CN1CCN(CCNC(c2ccc(Cl)cc2)C2CC2)CC1. The Morgan fingerprint density at radius 3 is 2.43 bits per heavy atom. The van der Waals surface area contributed by atoms with Crippen LogP contribution in [0, 0.1) is 5.92 Å². The number of nitrogens with one attached hydrogen (secondary N) is 1. The average molecular weight is 308 g/mol. The molecule has 21 heavy (non-hydrogen) atoms. The monoisotopic (exact) mass is 307 g/mol. The van der Waals surface area contributed by atoms with Gasteiger partial charge in [0.1, 0.15) is 0 Å². The number of nitrogens with zero attached hydrogens (tertiary/aromatic N) is 2. The number of likely N-dealkylation sites (N-methyl/N-ethyl adjacent to an activating group) is 1. The summed E-state index contributed by atoms with van der Waals surface area (Å²) in [7, 11) is 2.21. The first-order valence-electron chi connectivity index (χ1n) is 8.12. The van der Waals surface area contributed by atoms with Gasteiger partial charge in [-0.05, 0) is 43.5 Å². The molecule has 1 aromatic carbocycles. The summed E-state index contributed by atoms with van der Waals surface area (Å²) in [5, 5.41) is 4.60. The molecular weight excluding hydrogens is 282 g/mol. The molecule has 1 aromatic rings. The minimum Gasteiger partial charge on any atom is -0.308 e. The number of hydrogen-bond donors (Lipinski definition) is 1. The molecule has 0 aromatic heterocycles. The summed E-state index contributed by atoms with van der Waals surface area (Å²) in [6.07, 6.45) is 2.71. The first-order valence-corrected chi connectivity index (χ1v) is 8.50. The molecule has 3 nitrogen and oxygen atoms in total. The van der Waals surface area contributed by atoms with E-state index in [9.17, 15) is 0 Å². The average Bonchev–Trinajstić information content (AvgIpc) is 3.31. The van der Waals surface area contributed by atoms with E-state index in [1.54, 1.807) is 0 Å². The summed E-state index contributed by atoms with van der Waals surface area (Å²) in [5.41, 5.74) is 1.39. The molecule has 3 rings (SSSR count). The van der Waals surface area contributed by atoms with Gasteiger partial charge in [-0.25, -0.2) is 0 Å². The third-order valence-corrected chi connectivity index (χ3v) is 4.96. The van der Waals surface area contributed by atoms with Gasteiger partial charge in [0.25, 0.3) is 0 Å². The van der Waals surface area contributed by atoms with Crippen molar-refractivity contribution < 1.29 is 0 Å². The maximum Gasteiger partial charge on any atom is 0.0406 e. The smallest absolute Gasteiger partial charge is 0.0406 e. The molecule has 1 saturated carbocycles. The molecule has 0 amide bonds. The topological polar surface area (TPSA) is 18.5 Å². The van der Waals surface area contributed by atoms with Gasteiger partial charge in [0.15, 0.2) is 0 Å². The van der Waals surface area contributed by atoms with Crippen LogP contribution in [0.4, 0.5) is 0 Å². The highest BCUT2D eigenvalue weighted by Crippen LogP contribution is 2.41. The lowest BCUT2D eigenvalue weighted by Crippen LogP contribution is -2.46. The van der Waals surface area contributed by atoms with E-state index in [0.29, 0.717) is 6.04 Å². The number of benzene rings is 1. The van der Waals surface area contributed by atoms with Crippen LogP contribution in [0.1, 0.15) is 24.4 Å². The zero-order valence-corrected chi connectivity index (χ0v) is 13.6. The Bertz CT molecular complexity index is 436. The molecule has 0 bridgehead atoms. The van der Waals surface area contributed by atoms with E-state index in [0.717, 1.165) is 24.0 Å². The predicted molar refractivity (Wildman–Crippen MR) is 88.9 cm³/mol. The van der Waals surface area contributed by atoms with E-state index >= 15 is 0 Å². The van der Waals surface area contributed by atoms with Crippen molar-refractivity contribution in [1.82, 2.24) is 15.1 Å². The van der Waals surface area contributed by atoms with Crippen molar-refractivity contribution in [3.8, 4) is 0 Å². The molecule has 1 saturated heterocycles. The van der Waals surface area contributed by atoms with E-state index in [-0.39, 0.29) is 0 Å². The zero-order valence-electron chi connectivity index (χ0n) is 12.9. The third kappa shape index (κ3) is 4.43. The Balaban J connectivity index is 1.48. The lowest BCUT2D eigenvalue weighted by Gasteiger charge is -2.32. The molecular formula is C17H26ClN3. The van der Waals surface area contributed by atoms with Crippen molar-refractivity contribution in [3.63, 3.8) is 0 Å². The number of halogens is 1. The quantitative estimate of drug-likeness (QED) is 0.871. The molecule has 116 valence electrons. The molecule has 0 radical (unpaired) electrons. The van der Waals surface area contributed by atoms with E-state index < -0.39 is 0 Å². The molecule has 4 heteroatoms. The van der Waals surface area contributed by atoms with E-state index in [4.69, 9.17) is 11.6 Å². The van der Waals surface area contributed by atoms with Crippen LogP contribution in [0.15, 0.2) is 24.3 Å². The minimum atomic E-state index is 0.509. The van der Waals surface area contributed by atoms with Crippen molar-refractivity contribution in [2.24, 2.45) is 5.92 Å². The summed E-state index contributed by atoms with van der Waals surface area (Å²) in [5.74, 6) is 0.818. The Morgan fingerprint density at radius 1 is 1.14 bits per heavy atom. The summed E-state index contributed by atoms with van der Waals surface area (Å²) in [4.78, 5) is 4.98. The number of hydrogen-bond acceptors (Lipinski definition) is 3. The van der Waals surface area contributed by atoms with Gasteiger partial charge in [0.05, 0.1) is 0 Å². The fourth-order valence-corrected chi connectivity index (χ4v) is 3.23. The summed E-state index contributed by atoms with van der Waals surface area (Å²) in [6, 6.07) is 8.88. The lowest BCUT2D eigenvalue weighted by molar-refractivity contribution is 0.153. The van der Waals surface area contributed by atoms with Crippen molar-refractivity contribution >= 4 is 11.6 Å². The Kier molecular flexibility index (Phi) is 5.17. The summed E-state index contributed by atoms with van der Waals surface area (Å²) >= 11 is 6.00. The van der Waals surface area contributed by atoms with Gasteiger partial charge >= 0.3 is 0 Å². The first kappa shape index (κ1) is 15.3. The van der Waals surface area contributed by atoms with Crippen molar-refractivity contribution in [1.29, 1.82) is 0 Å². The van der Waals surface area contributed by atoms with Crippen LogP contribution in [-0.4, -0.2) is 56.1 Å².